The average molecular weight is 246 g/mol. The first-order valence-corrected chi connectivity index (χ1v) is 6.24. The van der Waals surface area contributed by atoms with Crippen molar-refractivity contribution in [2.45, 2.75) is 32.9 Å². The number of hydrazone groups is 1. The summed E-state index contributed by atoms with van der Waals surface area (Å²) in [6.45, 7) is 6.08. The second kappa shape index (κ2) is 4.90. The molecule has 0 radical (unpaired) electrons. The van der Waals surface area contributed by atoms with E-state index in [1.165, 1.54) is 0 Å². The average Bonchev–Trinajstić information content (AvgIpc) is 2.54. The summed E-state index contributed by atoms with van der Waals surface area (Å²) >= 11 is 0. The molecular formula is C14H20N3O+. The molecule has 18 heavy (non-hydrogen) atoms. The molecule has 4 heteroatoms. The topological polar surface area (TPSA) is 35.4 Å². The maximum Gasteiger partial charge on any atom is 0.310 e. The number of nitrogens with one attached hydrogen (secondary N) is 1. The van der Waals surface area contributed by atoms with Gasteiger partial charge in [0.05, 0.1) is 0 Å². The van der Waals surface area contributed by atoms with Crippen LogP contribution in [0.5, 0.6) is 0 Å². The lowest BCUT2D eigenvalue weighted by Gasteiger charge is -2.14. The second-order valence-corrected chi connectivity index (χ2v) is 4.90. The molecule has 1 aliphatic rings. The number of carbonyl (C=O) groups excluding carboxylic acids is 1. The number of hydrogen-bond donors (Lipinski definition) is 1. The van der Waals surface area contributed by atoms with Crippen LogP contribution in [0, 0.1) is 0 Å². The van der Waals surface area contributed by atoms with E-state index in [-0.39, 0.29) is 18.0 Å². The number of para-hydroxylation sites is 1. The normalized spacial score (nSPS) is 20.2. The molecule has 0 aliphatic carbocycles. The summed E-state index contributed by atoms with van der Waals surface area (Å²) in [5, 5.41) is 5.02. The van der Waals surface area contributed by atoms with Crippen LogP contribution in [0.15, 0.2) is 30.3 Å². The Labute approximate surface area is 108 Å². The molecule has 0 saturated carbocycles. The van der Waals surface area contributed by atoms with Gasteiger partial charge in [0, 0.05) is 13.0 Å². The molecule has 1 aromatic carbocycles. The minimum absolute atomic E-state index is 0.0786. The molecule has 4 nitrogen and oxygen atoms in total. The fourth-order valence-electron chi connectivity index (χ4n) is 2.19. The second-order valence-electron chi connectivity index (χ2n) is 4.90. The van der Waals surface area contributed by atoms with Crippen LogP contribution in [0.1, 0.15) is 20.8 Å². The van der Waals surface area contributed by atoms with E-state index in [0.717, 1.165) is 11.4 Å². The van der Waals surface area contributed by atoms with Gasteiger partial charge in [0.25, 0.3) is 0 Å². The number of hydrazine groups is 1. The number of anilines is 1. The van der Waals surface area contributed by atoms with Crippen molar-refractivity contribution < 1.29 is 9.48 Å². The molecule has 0 aromatic heterocycles. The zero-order valence-electron chi connectivity index (χ0n) is 11.3. The Morgan fingerprint density at radius 1 is 1.28 bits per heavy atom. The van der Waals surface area contributed by atoms with Crippen LogP contribution in [0.25, 0.3) is 0 Å². The van der Waals surface area contributed by atoms with Crippen LogP contribution >= 0.6 is 0 Å². The van der Waals surface area contributed by atoms with E-state index in [4.69, 9.17) is 0 Å². The third-order valence-electron chi connectivity index (χ3n) is 3.18. The Kier molecular flexibility index (Phi) is 3.48. The van der Waals surface area contributed by atoms with Crippen LogP contribution in [0.4, 0.5) is 5.69 Å². The van der Waals surface area contributed by atoms with Crippen molar-refractivity contribution in [3.8, 4) is 0 Å². The van der Waals surface area contributed by atoms with Crippen LogP contribution in [0.2, 0.25) is 0 Å². The maximum atomic E-state index is 12.5. The van der Waals surface area contributed by atoms with Gasteiger partial charge in [-0.2, -0.15) is 0 Å². The fraction of sp³-hybridized carbons (Fsp3) is 0.429. The smallest absolute Gasteiger partial charge is 0.295 e. The molecule has 96 valence electrons. The number of hydrogen-bond acceptors (Lipinski definition) is 2. The molecule has 1 aromatic rings. The molecule has 0 spiro atoms. The SMILES string of the molecule is CC1=[N+](C)N(c2ccccc2)C(=O)C1NC(C)C. The van der Waals surface area contributed by atoms with Crippen molar-refractivity contribution in [3.63, 3.8) is 0 Å². The van der Waals surface area contributed by atoms with Gasteiger partial charge in [0.2, 0.25) is 5.71 Å². The molecule has 1 atom stereocenters. The zero-order chi connectivity index (χ0) is 13.3. The molecular weight excluding hydrogens is 226 g/mol. The monoisotopic (exact) mass is 246 g/mol. The van der Waals surface area contributed by atoms with Gasteiger partial charge in [-0.25, -0.2) is 0 Å². The standard InChI is InChI=1S/C14H20N3O/c1-10(2)15-13-11(3)16(4)17(14(13)18)12-8-6-5-7-9-12/h5-10,13,15H,1-4H3/q+1. The van der Waals surface area contributed by atoms with E-state index in [1.807, 2.05) is 62.8 Å². The predicted molar refractivity (Wildman–Crippen MR) is 72.9 cm³/mol. The molecule has 1 N–H and O–H groups in total. The molecule has 1 heterocycles. The van der Waals surface area contributed by atoms with Gasteiger partial charge < -0.3 is 0 Å². The molecule has 0 fully saturated rings. The maximum absolute atomic E-state index is 12.5. The Bertz CT molecular complexity index is 479. The molecule has 1 aliphatic heterocycles. The van der Waals surface area contributed by atoms with E-state index in [2.05, 4.69) is 5.32 Å². The molecule has 0 saturated heterocycles. The largest absolute Gasteiger partial charge is 0.310 e. The fourth-order valence-corrected chi connectivity index (χ4v) is 2.19. The van der Waals surface area contributed by atoms with E-state index in [9.17, 15) is 4.79 Å². The quantitative estimate of drug-likeness (QED) is 0.819. The minimum atomic E-state index is -0.227. The Balaban J connectivity index is 2.33. The van der Waals surface area contributed by atoms with E-state index in [1.54, 1.807) is 5.01 Å². The van der Waals surface area contributed by atoms with Crippen molar-refractivity contribution in [1.29, 1.82) is 0 Å². The summed E-state index contributed by atoms with van der Waals surface area (Å²) in [7, 11) is 1.92. The highest BCUT2D eigenvalue weighted by molar-refractivity contribution is 6.14. The third-order valence-corrected chi connectivity index (χ3v) is 3.18. The summed E-state index contributed by atoms with van der Waals surface area (Å²) < 4.78 is 1.91. The molecule has 1 amide bonds. The lowest BCUT2D eigenvalue weighted by Crippen LogP contribution is -2.46. The minimum Gasteiger partial charge on any atom is -0.295 e. The van der Waals surface area contributed by atoms with E-state index in [0.29, 0.717) is 0 Å². The van der Waals surface area contributed by atoms with Crippen LogP contribution in [-0.2, 0) is 4.79 Å². The summed E-state index contributed by atoms with van der Waals surface area (Å²) in [5.74, 6) is 0.0786. The highest BCUT2D eigenvalue weighted by Crippen LogP contribution is 2.19. The van der Waals surface area contributed by atoms with Gasteiger partial charge >= 0.3 is 5.91 Å². The highest BCUT2D eigenvalue weighted by atomic mass is 16.2. The van der Waals surface area contributed by atoms with Gasteiger partial charge in [-0.15, -0.1) is 4.68 Å². The Hall–Kier alpha value is -1.68. The van der Waals surface area contributed by atoms with Gasteiger partial charge in [0.15, 0.2) is 13.1 Å². The molecule has 0 bridgehead atoms. The van der Waals surface area contributed by atoms with Gasteiger partial charge in [-0.05, 0) is 26.0 Å². The first kappa shape index (κ1) is 12.8. The van der Waals surface area contributed by atoms with Gasteiger partial charge in [-0.3, -0.25) is 10.1 Å². The lowest BCUT2D eigenvalue weighted by molar-refractivity contribution is -0.495. The first-order valence-electron chi connectivity index (χ1n) is 6.24. The van der Waals surface area contributed by atoms with Gasteiger partial charge in [-0.1, -0.05) is 23.2 Å². The zero-order valence-corrected chi connectivity index (χ0v) is 11.3. The third kappa shape index (κ3) is 2.16. The van der Waals surface area contributed by atoms with Crippen molar-refractivity contribution >= 4 is 17.3 Å². The number of amides is 1. The summed E-state index contributed by atoms with van der Waals surface area (Å²) in [6, 6.07) is 9.76. The van der Waals surface area contributed by atoms with Crippen molar-refractivity contribution in [3.05, 3.63) is 30.3 Å². The van der Waals surface area contributed by atoms with Crippen molar-refractivity contribution in [1.82, 2.24) is 5.32 Å². The predicted octanol–water partition coefficient (Wildman–Crippen LogP) is 1.42. The van der Waals surface area contributed by atoms with Crippen LogP contribution < -0.4 is 10.3 Å². The molecule has 2 rings (SSSR count). The highest BCUT2D eigenvalue weighted by Gasteiger charge is 2.44. The van der Waals surface area contributed by atoms with Crippen LogP contribution in [-0.4, -0.2) is 35.4 Å². The Morgan fingerprint density at radius 2 is 1.89 bits per heavy atom. The van der Waals surface area contributed by atoms with E-state index >= 15 is 0 Å². The number of nitrogens with zero attached hydrogens (tertiary/aromatic N) is 2. The van der Waals surface area contributed by atoms with Crippen molar-refractivity contribution in [2.75, 3.05) is 12.1 Å². The molecule has 1 unspecified atom stereocenters. The Morgan fingerprint density at radius 3 is 2.44 bits per heavy atom. The number of carbonyl (C=O) groups is 1. The summed E-state index contributed by atoms with van der Waals surface area (Å²) in [4.78, 5) is 12.5. The number of rotatable bonds is 3. The van der Waals surface area contributed by atoms with E-state index < -0.39 is 0 Å². The first-order chi connectivity index (χ1) is 8.52. The number of benzene rings is 1. The van der Waals surface area contributed by atoms with Gasteiger partial charge in [0.1, 0.15) is 5.69 Å². The van der Waals surface area contributed by atoms with Crippen molar-refractivity contribution in [2.24, 2.45) is 0 Å². The lowest BCUT2D eigenvalue weighted by atomic mass is 10.1. The summed E-state index contributed by atoms with van der Waals surface area (Å²) in [5.41, 5.74) is 1.93. The van der Waals surface area contributed by atoms with Crippen LogP contribution in [0.3, 0.4) is 0 Å². The summed E-state index contributed by atoms with van der Waals surface area (Å²) in [6.07, 6.45) is 0.